The van der Waals surface area contributed by atoms with E-state index in [1.165, 1.54) is 18.3 Å². The van der Waals surface area contributed by atoms with Gasteiger partial charge in [0.25, 0.3) is 15.9 Å². The van der Waals surface area contributed by atoms with E-state index < -0.39 is 22.5 Å². The molecule has 1 N–H and O–H groups in total. The van der Waals surface area contributed by atoms with Gasteiger partial charge >= 0.3 is 0 Å². The maximum absolute atomic E-state index is 13.5. The van der Waals surface area contributed by atoms with Crippen LogP contribution in [0.1, 0.15) is 28.1 Å². The topological polar surface area (TPSA) is 83.8 Å². The van der Waals surface area contributed by atoms with Crippen LogP contribution in [0, 0.1) is 27.7 Å². The molecule has 4 aromatic rings. The molecule has 0 radical (unpaired) electrons. The fourth-order valence-electron chi connectivity index (χ4n) is 4.13. The Labute approximate surface area is 228 Å². The summed E-state index contributed by atoms with van der Waals surface area (Å²) in [6.45, 7) is 7.25. The quantitative estimate of drug-likeness (QED) is 0.226. The van der Waals surface area contributed by atoms with Crippen LogP contribution < -0.4 is 9.73 Å². The van der Waals surface area contributed by atoms with E-state index >= 15 is 0 Å². The monoisotopic (exact) mass is 548 g/mol. The van der Waals surface area contributed by atoms with Crippen molar-refractivity contribution >= 4 is 39.4 Å². The Balaban J connectivity index is 1.56. The van der Waals surface area contributed by atoms with Gasteiger partial charge in [0.1, 0.15) is 6.54 Å². The maximum Gasteiger partial charge on any atom is 0.264 e. The number of rotatable bonds is 8. The van der Waals surface area contributed by atoms with E-state index in [1.54, 1.807) is 36.4 Å². The number of carbonyl (C=O) groups is 1. The molecule has 0 saturated carbocycles. The number of carbonyl (C=O) groups excluding carboxylic acids is 1. The molecular weight excluding hydrogens is 520 g/mol. The summed E-state index contributed by atoms with van der Waals surface area (Å²) < 4.78 is 30.1. The minimum atomic E-state index is -3.99. The molecule has 0 fully saturated rings. The van der Waals surface area contributed by atoms with Crippen LogP contribution in [0.4, 0.5) is 5.69 Å². The number of amides is 1. The number of hydrogen-bond donors (Lipinski definition) is 1. The summed E-state index contributed by atoms with van der Waals surface area (Å²) in [6.07, 6.45) is 1.54. The van der Waals surface area contributed by atoms with Crippen molar-refractivity contribution in [3.63, 3.8) is 0 Å². The highest BCUT2D eigenvalue weighted by atomic mass is 35.5. The summed E-state index contributed by atoms with van der Waals surface area (Å²) in [4.78, 5) is 13.0. The lowest BCUT2D eigenvalue weighted by molar-refractivity contribution is -0.119. The van der Waals surface area contributed by atoms with Crippen molar-refractivity contribution in [3.8, 4) is 5.69 Å². The molecule has 9 heteroatoms. The van der Waals surface area contributed by atoms with Gasteiger partial charge in [-0.05, 0) is 70.2 Å². The highest BCUT2D eigenvalue weighted by molar-refractivity contribution is 7.92. The summed E-state index contributed by atoms with van der Waals surface area (Å²) in [5.41, 5.74) is 8.28. The van der Waals surface area contributed by atoms with Crippen molar-refractivity contribution in [2.75, 3.05) is 10.8 Å². The SMILES string of the molecule is Cc1ccc(N(CC(=O)N/N=C\c2cc(C)n(-c3ccccc3Cl)c2C)S(=O)(=O)c2ccc(C)cc2)cc1. The van der Waals surface area contributed by atoms with E-state index in [1.807, 2.05) is 62.6 Å². The fraction of sp³-hybridized carbons (Fsp3) is 0.172. The second kappa shape index (κ2) is 11.2. The standard InChI is InChI=1S/C29H29ClN4O3S/c1-20-9-13-25(14-10-20)33(38(36,37)26-15-11-21(2)12-16-26)19-29(35)32-31-18-24-17-22(3)34(23(24)4)28-8-6-5-7-27(28)30/h5-18H,19H2,1-4H3,(H,32,35)/b31-18-. The Hall–Kier alpha value is -3.88. The van der Waals surface area contributed by atoms with Gasteiger partial charge in [-0.3, -0.25) is 9.10 Å². The van der Waals surface area contributed by atoms with E-state index in [0.717, 1.165) is 38.1 Å². The highest BCUT2D eigenvalue weighted by Crippen LogP contribution is 2.26. The molecule has 1 amide bonds. The zero-order valence-corrected chi connectivity index (χ0v) is 23.2. The Morgan fingerprint density at radius 3 is 2.18 bits per heavy atom. The summed E-state index contributed by atoms with van der Waals surface area (Å²) in [6, 6.07) is 23.0. The summed E-state index contributed by atoms with van der Waals surface area (Å²) in [7, 11) is -3.99. The predicted molar refractivity (Wildman–Crippen MR) is 153 cm³/mol. The number of nitrogens with zero attached hydrogens (tertiary/aromatic N) is 3. The molecule has 0 aliphatic heterocycles. The van der Waals surface area contributed by atoms with Crippen LogP contribution in [0.5, 0.6) is 0 Å². The maximum atomic E-state index is 13.5. The average molecular weight is 549 g/mol. The number of hydrazone groups is 1. The van der Waals surface area contributed by atoms with E-state index in [9.17, 15) is 13.2 Å². The lowest BCUT2D eigenvalue weighted by atomic mass is 10.2. The van der Waals surface area contributed by atoms with Crippen molar-refractivity contribution in [1.29, 1.82) is 0 Å². The van der Waals surface area contributed by atoms with Crippen molar-refractivity contribution in [2.24, 2.45) is 5.10 Å². The summed E-state index contributed by atoms with van der Waals surface area (Å²) >= 11 is 6.39. The van der Waals surface area contributed by atoms with E-state index in [2.05, 4.69) is 10.5 Å². The van der Waals surface area contributed by atoms with Crippen LogP contribution in [0.3, 0.4) is 0 Å². The zero-order chi connectivity index (χ0) is 27.4. The first kappa shape index (κ1) is 27.2. The molecule has 3 aromatic carbocycles. The predicted octanol–water partition coefficient (Wildman–Crippen LogP) is 5.71. The number of nitrogens with one attached hydrogen (secondary N) is 1. The van der Waals surface area contributed by atoms with Gasteiger partial charge in [-0.15, -0.1) is 0 Å². The molecule has 1 heterocycles. The van der Waals surface area contributed by atoms with Crippen LogP contribution >= 0.6 is 11.6 Å². The van der Waals surface area contributed by atoms with Crippen molar-refractivity contribution < 1.29 is 13.2 Å². The number of anilines is 1. The normalized spacial score (nSPS) is 11.6. The zero-order valence-electron chi connectivity index (χ0n) is 21.6. The Bertz CT molecular complexity index is 1590. The van der Waals surface area contributed by atoms with E-state index in [0.29, 0.717) is 10.7 Å². The number of benzene rings is 3. The molecule has 4 rings (SSSR count). The second-order valence-electron chi connectivity index (χ2n) is 9.07. The lowest BCUT2D eigenvalue weighted by Gasteiger charge is -2.24. The lowest BCUT2D eigenvalue weighted by Crippen LogP contribution is -2.39. The molecule has 0 spiro atoms. The molecule has 1 aromatic heterocycles. The van der Waals surface area contributed by atoms with Crippen LogP contribution in [0.15, 0.2) is 88.9 Å². The molecule has 7 nitrogen and oxygen atoms in total. The third-order valence-electron chi connectivity index (χ3n) is 6.17. The molecule has 0 bridgehead atoms. The number of aromatic nitrogens is 1. The van der Waals surface area contributed by atoms with Crippen molar-refractivity contribution in [2.45, 2.75) is 32.6 Å². The largest absolute Gasteiger partial charge is 0.316 e. The summed E-state index contributed by atoms with van der Waals surface area (Å²) in [5, 5.41) is 4.73. The van der Waals surface area contributed by atoms with Crippen LogP contribution in [0.25, 0.3) is 5.69 Å². The Morgan fingerprint density at radius 1 is 0.947 bits per heavy atom. The summed E-state index contributed by atoms with van der Waals surface area (Å²) in [5.74, 6) is -0.572. The molecule has 38 heavy (non-hydrogen) atoms. The first-order valence-electron chi connectivity index (χ1n) is 12.0. The van der Waals surface area contributed by atoms with Gasteiger partial charge in [-0.2, -0.15) is 5.10 Å². The number of halogens is 1. The molecule has 0 aliphatic carbocycles. The molecule has 0 saturated heterocycles. The molecule has 196 valence electrons. The number of hydrogen-bond acceptors (Lipinski definition) is 4. The first-order chi connectivity index (χ1) is 18.1. The fourth-order valence-corrected chi connectivity index (χ4v) is 5.77. The molecule has 0 atom stereocenters. The van der Waals surface area contributed by atoms with E-state index in [4.69, 9.17) is 11.6 Å². The molecule has 0 aliphatic rings. The second-order valence-corrected chi connectivity index (χ2v) is 11.3. The third kappa shape index (κ3) is 5.82. The van der Waals surface area contributed by atoms with Gasteiger partial charge in [-0.1, -0.05) is 59.1 Å². The molecular formula is C29H29ClN4O3S. The van der Waals surface area contributed by atoms with Gasteiger partial charge in [0.2, 0.25) is 0 Å². The minimum Gasteiger partial charge on any atom is -0.316 e. The average Bonchev–Trinajstić information content (AvgIpc) is 3.16. The van der Waals surface area contributed by atoms with E-state index in [-0.39, 0.29) is 4.90 Å². The first-order valence-corrected chi connectivity index (χ1v) is 13.8. The smallest absolute Gasteiger partial charge is 0.264 e. The number of para-hydroxylation sites is 1. The van der Waals surface area contributed by atoms with Gasteiger partial charge in [0.15, 0.2) is 0 Å². The van der Waals surface area contributed by atoms with Crippen LogP contribution in [-0.4, -0.2) is 31.7 Å². The minimum absolute atomic E-state index is 0.104. The van der Waals surface area contributed by atoms with Gasteiger partial charge < -0.3 is 4.57 Å². The molecule has 0 unspecified atom stereocenters. The number of sulfonamides is 1. The van der Waals surface area contributed by atoms with Crippen LogP contribution in [-0.2, 0) is 14.8 Å². The number of aryl methyl sites for hydroxylation is 3. The van der Waals surface area contributed by atoms with Crippen molar-refractivity contribution in [1.82, 2.24) is 9.99 Å². The van der Waals surface area contributed by atoms with Crippen molar-refractivity contribution in [3.05, 3.63) is 112 Å². The highest BCUT2D eigenvalue weighted by Gasteiger charge is 2.27. The third-order valence-corrected chi connectivity index (χ3v) is 8.28. The van der Waals surface area contributed by atoms with Gasteiger partial charge in [0, 0.05) is 17.0 Å². The van der Waals surface area contributed by atoms with Crippen LogP contribution in [0.2, 0.25) is 5.02 Å². The van der Waals surface area contributed by atoms with Gasteiger partial charge in [0.05, 0.1) is 27.5 Å². The van der Waals surface area contributed by atoms with Gasteiger partial charge in [-0.25, -0.2) is 13.8 Å². The Morgan fingerprint density at radius 2 is 1.55 bits per heavy atom. The Kier molecular flexibility index (Phi) is 8.04.